The minimum Gasteiger partial charge on any atom is -0.375 e. The highest BCUT2D eigenvalue weighted by molar-refractivity contribution is 5.83. The van der Waals surface area contributed by atoms with Crippen molar-refractivity contribution in [2.75, 3.05) is 0 Å². The Morgan fingerprint density at radius 1 is 1.21 bits per heavy atom. The molecule has 0 bridgehead atoms. The topological polar surface area (TPSA) is 26.3 Å². The van der Waals surface area contributed by atoms with Gasteiger partial charge in [0.2, 0.25) is 0 Å². The van der Waals surface area contributed by atoms with Crippen molar-refractivity contribution < 1.29 is 9.53 Å². The summed E-state index contributed by atoms with van der Waals surface area (Å²) in [6, 6.07) is 0. The van der Waals surface area contributed by atoms with Gasteiger partial charge < -0.3 is 4.74 Å². The van der Waals surface area contributed by atoms with Crippen LogP contribution in [0.2, 0.25) is 0 Å². The molecule has 0 rings (SSSR count). The van der Waals surface area contributed by atoms with Gasteiger partial charge in [-0.1, -0.05) is 39.8 Å². The standard InChI is InChI=1S/C17H32O2/c1-7-8-9-11-15(19-14(2)3)12-10-13-16(18)17(4,5)6/h8-9,14-15H,7,10-13H2,1-6H3/b9-8-. The number of ketones is 1. The molecule has 0 aromatic carbocycles. The summed E-state index contributed by atoms with van der Waals surface area (Å²) in [6.07, 6.45) is 9.44. The second-order valence-electron chi connectivity index (χ2n) is 6.49. The first-order valence-corrected chi connectivity index (χ1v) is 7.61. The van der Waals surface area contributed by atoms with Crippen LogP contribution in [0.25, 0.3) is 0 Å². The van der Waals surface area contributed by atoms with Crippen LogP contribution in [0.4, 0.5) is 0 Å². The van der Waals surface area contributed by atoms with E-state index in [-0.39, 0.29) is 17.6 Å². The lowest BCUT2D eigenvalue weighted by Gasteiger charge is -2.20. The molecule has 2 nitrogen and oxygen atoms in total. The zero-order valence-electron chi connectivity index (χ0n) is 13.7. The largest absolute Gasteiger partial charge is 0.375 e. The van der Waals surface area contributed by atoms with E-state index in [9.17, 15) is 4.79 Å². The molecule has 0 spiro atoms. The quantitative estimate of drug-likeness (QED) is 0.555. The van der Waals surface area contributed by atoms with Gasteiger partial charge in [0.05, 0.1) is 12.2 Å². The maximum atomic E-state index is 11.9. The van der Waals surface area contributed by atoms with Gasteiger partial charge >= 0.3 is 0 Å². The van der Waals surface area contributed by atoms with Gasteiger partial charge in [-0.3, -0.25) is 4.79 Å². The van der Waals surface area contributed by atoms with Gasteiger partial charge in [-0.25, -0.2) is 0 Å². The van der Waals surface area contributed by atoms with Crippen LogP contribution in [-0.2, 0) is 9.53 Å². The van der Waals surface area contributed by atoms with Crippen molar-refractivity contribution in [2.24, 2.45) is 5.41 Å². The van der Waals surface area contributed by atoms with Crippen molar-refractivity contribution in [2.45, 2.75) is 85.9 Å². The van der Waals surface area contributed by atoms with Crippen LogP contribution < -0.4 is 0 Å². The third-order valence-electron chi connectivity index (χ3n) is 3.03. The summed E-state index contributed by atoms with van der Waals surface area (Å²) in [5, 5.41) is 0. The molecule has 0 aromatic heterocycles. The number of hydrogen-bond acceptors (Lipinski definition) is 2. The first-order valence-electron chi connectivity index (χ1n) is 7.61. The van der Waals surface area contributed by atoms with Gasteiger partial charge in [0, 0.05) is 11.8 Å². The highest BCUT2D eigenvalue weighted by Crippen LogP contribution is 2.20. The van der Waals surface area contributed by atoms with E-state index in [4.69, 9.17) is 4.74 Å². The monoisotopic (exact) mass is 268 g/mol. The van der Waals surface area contributed by atoms with E-state index < -0.39 is 0 Å². The third-order valence-corrected chi connectivity index (χ3v) is 3.03. The van der Waals surface area contributed by atoms with E-state index >= 15 is 0 Å². The van der Waals surface area contributed by atoms with E-state index in [0.29, 0.717) is 12.2 Å². The molecule has 0 heterocycles. The Morgan fingerprint density at radius 2 is 1.84 bits per heavy atom. The van der Waals surface area contributed by atoms with Gasteiger partial charge in [0.1, 0.15) is 5.78 Å². The molecule has 1 unspecified atom stereocenters. The molecule has 0 saturated heterocycles. The van der Waals surface area contributed by atoms with Crippen molar-refractivity contribution in [3.05, 3.63) is 12.2 Å². The first-order chi connectivity index (χ1) is 8.77. The Hall–Kier alpha value is -0.630. The number of rotatable bonds is 9. The lowest BCUT2D eigenvalue weighted by atomic mass is 9.87. The van der Waals surface area contributed by atoms with Crippen molar-refractivity contribution in [3.8, 4) is 0 Å². The van der Waals surface area contributed by atoms with Crippen LogP contribution in [0.3, 0.4) is 0 Å². The summed E-state index contributed by atoms with van der Waals surface area (Å²) in [7, 11) is 0. The summed E-state index contributed by atoms with van der Waals surface area (Å²) in [6.45, 7) is 12.2. The summed E-state index contributed by atoms with van der Waals surface area (Å²) < 4.78 is 5.90. The number of allylic oxidation sites excluding steroid dienone is 1. The molecule has 0 aliphatic heterocycles. The Labute approximate surface area is 119 Å². The Balaban J connectivity index is 4.11. The summed E-state index contributed by atoms with van der Waals surface area (Å²) in [5.41, 5.74) is -0.212. The molecule has 112 valence electrons. The number of Topliss-reactive ketones (excluding diaryl/α,β-unsaturated/α-hetero) is 1. The minimum absolute atomic E-state index is 0.212. The fraction of sp³-hybridized carbons (Fsp3) is 0.824. The molecule has 0 fully saturated rings. The second-order valence-corrected chi connectivity index (χ2v) is 6.49. The van der Waals surface area contributed by atoms with E-state index in [0.717, 1.165) is 25.7 Å². The molecule has 2 heteroatoms. The predicted molar refractivity (Wildman–Crippen MR) is 82.4 cm³/mol. The van der Waals surface area contributed by atoms with Crippen LogP contribution in [-0.4, -0.2) is 18.0 Å². The van der Waals surface area contributed by atoms with E-state index in [1.54, 1.807) is 0 Å². The number of carbonyl (C=O) groups is 1. The molecule has 0 saturated carbocycles. The summed E-state index contributed by atoms with van der Waals surface area (Å²) in [4.78, 5) is 11.9. The second kappa shape index (κ2) is 9.30. The van der Waals surface area contributed by atoms with Crippen molar-refractivity contribution >= 4 is 5.78 Å². The molecule has 0 amide bonds. The fourth-order valence-corrected chi connectivity index (χ4v) is 1.91. The lowest BCUT2D eigenvalue weighted by molar-refractivity contribution is -0.126. The average molecular weight is 268 g/mol. The van der Waals surface area contributed by atoms with Crippen molar-refractivity contribution in [3.63, 3.8) is 0 Å². The number of ether oxygens (including phenoxy) is 1. The smallest absolute Gasteiger partial charge is 0.138 e. The van der Waals surface area contributed by atoms with Crippen LogP contribution in [0.1, 0.15) is 73.6 Å². The molecule has 0 aromatic rings. The molecule has 0 aliphatic carbocycles. The van der Waals surface area contributed by atoms with E-state index in [2.05, 4.69) is 32.9 Å². The zero-order chi connectivity index (χ0) is 14.9. The minimum atomic E-state index is -0.212. The summed E-state index contributed by atoms with van der Waals surface area (Å²) >= 11 is 0. The Kier molecular flexibility index (Phi) is 8.99. The predicted octanol–water partition coefficient (Wildman–Crippen LogP) is 4.92. The van der Waals surface area contributed by atoms with Gasteiger partial charge in [0.25, 0.3) is 0 Å². The van der Waals surface area contributed by atoms with Crippen LogP contribution in [0.5, 0.6) is 0 Å². The fourth-order valence-electron chi connectivity index (χ4n) is 1.91. The molecule has 0 radical (unpaired) electrons. The lowest BCUT2D eigenvalue weighted by Crippen LogP contribution is -2.21. The van der Waals surface area contributed by atoms with Gasteiger partial charge in [-0.15, -0.1) is 0 Å². The highest BCUT2D eigenvalue weighted by atomic mass is 16.5. The first kappa shape index (κ1) is 18.4. The maximum Gasteiger partial charge on any atom is 0.138 e. The zero-order valence-corrected chi connectivity index (χ0v) is 13.7. The van der Waals surface area contributed by atoms with Crippen LogP contribution in [0.15, 0.2) is 12.2 Å². The third kappa shape index (κ3) is 9.89. The van der Waals surface area contributed by atoms with E-state index in [1.807, 2.05) is 20.8 Å². The molecule has 19 heavy (non-hydrogen) atoms. The number of hydrogen-bond donors (Lipinski definition) is 0. The molecule has 0 N–H and O–H groups in total. The average Bonchev–Trinajstić information content (AvgIpc) is 2.26. The van der Waals surface area contributed by atoms with Gasteiger partial charge in [-0.2, -0.15) is 0 Å². The van der Waals surface area contributed by atoms with Crippen molar-refractivity contribution in [1.82, 2.24) is 0 Å². The highest BCUT2D eigenvalue weighted by Gasteiger charge is 2.21. The molecule has 1 atom stereocenters. The maximum absolute atomic E-state index is 11.9. The SMILES string of the molecule is CC/C=C\CC(CCCC(=O)C(C)(C)C)OC(C)C. The Morgan fingerprint density at radius 3 is 2.32 bits per heavy atom. The molecular weight excluding hydrogens is 236 g/mol. The normalized spacial score (nSPS) is 14.3. The molecule has 0 aliphatic rings. The molecular formula is C17H32O2. The van der Waals surface area contributed by atoms with Crippen LogP contribution >= 0.6 is 0 Å². The summed E-state index contributed by atoms with van der Waals surface area (Å²) in [5.74, 6) is 0.347. The van der Waals surface area contributed by atoms with Crippen LogP contribution in [0, 0.1) is 5.41 Å². The van der Waals surface area contributed by atoms with Gasteiger partial charge in [-0.05, 0) is 39.5 Å². The van der Waals surface area contributed by atoms with Gasteiger partial charge in [0.15, 0.2) is 0 Å². The van der Waals surface area contributed by atoms with E-state index in [1.165, 1.54) is 0 Å². The Bertz CT molecular complexity index is 271. The van der Waals surface area contributed by atoms with Crippen molar-refractivity contribution in [1.29, 1.82) is 0 Å². The number of carbonyl (C=O) groups excluding carboxylic acids is 1.